The Morgan fingerprint density at radius 1 is 0.824 bits per heavy atom. The van der Waals surface area contributed by atoms with Crippen LogP contribution in [0.5, 0.6) is 17.2 Å². The summed E-state index contributed by atoms with van der Waals surface area (Å²) in [7, 11) is 1.61. The minimum absolute atomic E-state index is 0.120. The van der Waals surface area contributed by atoms with Crippen LogP contribution < -0.4 is 9.47 Å². The average molecular weight is 459 g/mol. The molecule has 3 aromatic rings. The minimum atomic E-state index is -0.844. The van der Waals surface area contributed by atoms with Crippen LogP contribution in [0.25, 0.3) is 21.9 Å². The summed E-state index contributed by atoms with van der Waals surface area (Å²) in [4.78, 5) is 0. The van der Waals surface area contributed by atoms with Crippen LogP contribution in [0.15, 0.2) is 42.5 Å². The van der Waals surface area contributed by atoms with E-state index in [9.17, 15) is 5.11 Å². The van der Waals surface area contributed by atoms with Gasteiger partial charge in [0.2, 0.25) is 5.79 Å². The van der Waals surface area contributed by atoms with Gasteiger partial charge in [0.25, 0.3) is 0 Å². The molecule has 1 aliphatic heterocycles. The Bertz CT molecular complexity index is 1320. The summed E-state index contributed by atoms with van der Waals surface area (Å²) in [5.74, 6) is 0.734. The second-order valence-corrected chi connectivity index (χ2v) is 12.4. The molecule has 1 spiro atoms. The summed E-state index contributed by atoms with van der Waals surface area (Å²) >= 11 is 0. The first kappa shape index (κ1) is 21.8. The lowest BCUT2D eigenvalue weighted by Crippen LogP contribution is -2.44. The van der Waals surface area contributed by atoms with Crippen LogP contribution in [-0.2, 0) is 10.2 Å². The van der Waals surface area contributed by atoms with Crippen LogP contribution >= 0.6 is 0 Å². The molecule has 1 unspecified atom stereocenters. The molecule has 0 aromatic heterocycles. The fraction of sp³-hybridized carbons (Fsp3) is 0.467. The molecule has 1 atom stereocenters. The molecular weight excluding hydrogens is 424 g/mol. The molecule has 0 amide bonds. The van der Waals surface area contributed by atoms with E-state index in [2.05, 4.69) is 52.0 Å². The number of methoxy groups -OCH3 is 1. The predicted molar refractivity (Wildman–Crippen MR) is 135 cm³/mol. The summed E-state index contributed by atoms with van der Waals surface area (Å²) < 4.78 is 17.7. The van der Waals surface area contributed by atoms with E-state index in [1.54, 1.807) is 7.11 Å². The third-order valence-corrected chi connectivity index (χ3v) is 8.17. The van der Waals surface area contributed by atoms with E-state index in [1.807, 2.05) is 25.1 Å². The highest BCUT2D eigenvalue weighted by atomic mass is 16.7. The van der Waals surface area contributed by atoms with Crippen molar-refractivity contribution >= 4 is 10.8 Å². The maximum Gasteiger partial charge on any atom is 0.242 e. The number of fused-ring (bicyclic) bond motifs is 8. The zero-order valence-electron chi connectivity index (χ0n) is 21.0. The summed E-state index contributed by atoms with van der Waals surface area (Å²) in [6, 6.07) is 14.8. The van der Waals surface area contributed by atoms with Crippen LogP contribution in [0.4, 0.5) is 0 Å². The van der Waals surface area contributed by atoms with Gasteiger partial charge in [-0.2, -0.15) is 0 Å². The van der Waals surface area contributed by atoms with Crippen molar-refractivity contribution in [1.29, 1.82) is 0 Å². The van der Waals surface area contributed by atoms with E-state index in [-0.39, 0.29) is 16.2 Å². The number of aromatic hydroxyl groups is 1. The first-order valence-electron chi connectivity index (χ1n) is 12.3. The van der Waals surface area contributed by atoms with Gasteiger partial charge < -0.3 is 19.3 Å². The summed E-state index contributed by atoms with van der Waals surface area (Å²) in [6.07, 6.45) is 3.32. The van der Waals surface area contributed by atoms with Crippen molar-refractivity contribution in [3.05, 3.63) is 53.6 Å². The van der Waals surface area contributed by atoms with Crippen LogP contribution in [-0.4, -0.2) is 24.6 Å². The molecule has 1 fully saturated rings. The van der Waals surface area contributed by atoms with E-state index in [0.29, 0.717) is 23.9 Å². The lowest BCUT2D eigenvalue weighted by Gasteiger charge is -2.51. The summed E-state index contributed by atoms with van der Waals surface area (Å²) in [5.41, 5.74) is 5.40. The molecule has 1 saturated carbocycles. The van der Waals surface area contributed by atoms with Crippen molar-refractivity contribution in [3.8, 4) is 28.4 Å². The van der Waals surface area contributed by atoms with Crippen LogP contribution in [0.1, 0.15) is 65.0 Å². The number of hydrogen-bond acceptors (Lipinski definition) is 4. The van der Waals surface area contributed by atoms with E-state index in [4.69, 9.17) is 14.2 Å². The number of benzene rings is 3. The Hall–Kier alpha value is -2.72. The Morgan fingerprint density at radius 3 is 2.21 bits per heavy atom. The molecule has 6 rings (SSSR count). The normalized spacial score (nSPS) is 25.2. The van der Waals surface area contributed by atoms with Crippen LogP contribution in [0.2, 0.25) is 0 Å². The SMILES string of the molecule is COC1(C)COc2cc3c4c(cc(O)c3cc2O1)C1(CC(C)(C)CC(C)(C)C1)c1ccccc1-4. The van der Waals surface area contributed by atoms with Gasteiger partial charge >= 0.3 is 0 Å². The molecule has 178 valence electrons. The molecule has 1 N–H and O–H groups in total. The van der Waals surface area contributed by atoms with Gasteiger partial charge in [0, 0.05) is 24.8 Å². The van der Waals surface area contributed by atoms with E-state index < -0.39 is 5.79 Å². The van der Waals surface area contributed by atoms with Gasteiger partial charge in [-0.05, 0) is 75.9 Å². The number of ether oxygens (including phenoxy) is 3. The highest BCUT2D eigenvalue weighted by Crippen LogP contribution is 2.65. The lowest BCUT2D eigenvalue weighted by atomic mass is 9.52. The quantitative estimate of drug-likeness (QED) is 0.419. The van der Waals surface area contributed by atoms with Crippen molar-refractivity contribution in [2.45, 2.75) is 65.1 Å². The second kappa shape index (κ2) is 6.69. The predicted octanol–water partition coefficient (Wildman–Crippen LogP) is 7.18. The van der Waals surface area contributed by atoms with Crippen molar-refractivity contribution in [2.75, 3.05) is 13.7 Å². The third kappa shape index (κ3) is 3.00. The van der Waals surface area contributed by atoms with Gasteiger partial charge in [-0.1, -0.05) is 52.0 Å². The van der Waals surface area contributed by atoms with Crippen molar-refractivity contribution < 1.29 is 19.3 Å². The number of phenols is 1. The number of phenolic OH excluding ortho intramolecular Hbond substituents is 1. The fourth-order valence-electron chi connectivity index (χ4n) is 7.60. The molecule has 0 radical (unpaired) electrons. The monoisotopic (exact) mass is 458 g/mol. The van der Waals surface area contributed by atoms with Gasteiger partial charge in [0.05, 0.1) is 0 Å². The number of rotatable bonds is 1. The molecule has 1 heterocycles. The molecule has 0 bridgehead atoms. The zero-order valence-corrected chi connectivity index (χ0v) is 21.0. The lowest BCUT2D eigenvalue weighted by molar-refractivity contribution is -0.182. The van der Waals surface area contributed by atoms with E-state index >= 15 is 0 Å². The largest absolute Gasteiger partial charge is 0.507 e. The maximum absolute atomic E-state index is 11.3. The topological polar surface area (TPSA) is 47.9 Å². The Kier molecular flexibility index (Phi) is 4.29. The van der Waals surface area contributed by atoms with Crippen LogP contribution in [0.3, 0.4) is 0 Å². The van der Waals surface area contributed by atoms with Crippen molar-refractivity contribution in [3.63, 3.8) is 0 Å². The molecule has 4 heteroatoms. The van der Waals surface area contributed by atoms with E-state index in [1.165, 1.54) is 28.7 Å². The highest BCUT2D eigenvalue weighted by Gasteiger charge is 2.53. The maximum atomic E-state index is 11.3. The smallest absolute Gasteiger partial charge is 0.242 e. The standard InChI is InChI=1S/C30H34O4/c1-27(2)14-28(3,4)16-30(15-27)21-10-8-7-9-18(21)26-20-12-24-25(34-29(5,32-6)17-33-24)11-19(20)23(31)13-22(26)30/h7-13,31H,14-17H2,1-6H3. The summed E-state index contributed by atoms with van der Waals surface area (Å²) in [5, 5.41) is 13.1. The molecule has 3 aliphatic rings. The Morgan fingerprint density at radius 2 is 1.50 bits per heavy atom. The average Bonchev–Trinajstić information content (AvgIpc) is 2.99. The van der Waals surface area contributed by atoms with Gasteiger partial charge in [0.15, 0.2) is 18.1 Å². The molecule has 2 aliphatic carbocycles. The minimum Gasteiger partial charge on any atom is -0.507 e. The zero-order chi connectivity index (χ0) is 24.1. The Balaban J connectivity index is 1.65. The van der Waals surface area contributed by atoms with E-state index in [0.717, 1.165) is 23.6 Å². The molecule has 4 nitrogen and oxygen atoms in total. The Labute approximate surface area is 201 Å². The second-order valence-electron chi connectivity index (χ2n) is 12.4. The van der Waals surface area contributed by atoms with Gasteiger partial charge in [-0.3, -0.25) is 0 Å². The molecule has 34 heavy (non-hydrogen) atoms. The van der Waals surface area contributed by atoms with Crippen LogP contribution in [0, 0.1) is 10.8 Å². The highest BCUT2D eigenvalue weighted by molar-refractivity contribution is 6.06. The van der Waals surface area contributed by atoms with Gasteiger partial charge in [0.1, 0.15) is 5.75 Å². The molecular formula is C30H34O4. The fourth-order valence-corrected chi connectivity index (χ4v) is 7.60. The molecule has 3 aromatic carbocycles. The first-order chi connectivity index (χ1) is 16.0. The number of hydrogen-bond donors (Lipinski definition) is 1. The molecule has 0 saturated heterocycles. The van der Waals surface area contributed by atoms with Gasteiger partial charge in [-0.15, -0.1) is 0 Å². The summed E-state index contributed by atoms with van der Waals surface area (Å²) in [6.45, 7) is 11.7. The first-order valence-corrected chi connectivity index (χ1v) is 12.3. The van der Waals surface area contributed by atoms with Crippen molar-refractivity contribution in [1.82, 2.24) is 0 Å². The third-order valence-electron chi connectivity index (χ3n) is 8.17. The van der Waals surface area contributed by atoms with Gasteiger partial charge in [-0.25, -0.2) is 0 Å². The van der Waals surface area contributed by atoms with Crippen molar-refractivity contribution in [2.24, 2.45) is 10.8 Å².